The number of hydrogen-bond donors (Lipinski definition) is 1. The first-order valence-electron chi connectivity index (χ1n) is 5.52. The van der Waals surface area contributed by atoms with E-state index in [2.05, 4.69) is 0 Å². The van der Waals surface area contributed by atoms with E-state index in [9.17, 15) is 26.4 Å². The molecule has 0 heterocycles. The molecule has 10 heteroatoms. The fourth-order valence-corrected chi connectivity index (χ4v) is 2.83. The molecule has 0 aliphatic heterocycles. The van der Waals surface area contributed by atoms with Gasteiger partial charge in [0.05, 0.1) is 10.5 Å². The minimum Gasteiger partial charge on any atom is -0.343 e. The van der Waals surface area contributed by atoms with Crippen LogP contribution in [0.5, 0.6) is 0 Å². The zero-order valence-electron chi connectivity index (χ0n) is 11.0. The maximum atomic E-state index is 12.1. The fraction of sp³-hybridized carbons (Fsp3) is 0.364. The Kier molecular flexibility index (Phi) is 5.61. The number of nitrogens with zero attached hydrogens (tertiary/aromatic N) is 1. The molecule has 0 fully saturated rings. The normalized spacial score (nSPS) is 12.5. The van der Waals surface area contributed by atoms with Crippen LogP contribution in [0, 0.1) is 3.57 Å². The molecular formula is C11H12F3IN2O3S. The molecule has 1 aromatic carbocycles. The van der Waals surface area contributed by atoms with Crippen molar-refractivity contribution in [3.05, 3.63) is 27.3 Å². The molecule has 0 saturated heterocycles. The maximum Gasteiger partial charge on any atom is 0.405 e. The van der Waals surface area contributed by atoms with Crippen molar-refractivity contribution in [2.45, 2.75) is 11.1 Å². The van der Waals surface area contributed by atoms with Gasteiger partial charge in [-0.05, 0) is 40.8 Å². The van der Waals surface area contributed by atoms with Crippen molar-refractivity contribution in [1.29, 1.82) is 0 Å². The molecule has 1 rings (SSSR count). The lowest BCUT2D eigenvalue weighted by Gasteiger charge is -2.14. The number of carbonyl (C=O) groups excluding carboxylic acids is 1. The molecule has 1 aromatic rings. The van der Waals surface area contributed by atoms with E-state index in [1.165, 1.54) is 26.2 Å². The molecule has 21 heavy (non-hydrogen) atoms. The summed E-state index contributed by atoms with van der Waals surface area (Å²) in [6.45, 7) is -1.48. The molecule has 0 aliphatic rings. The first-order chi connectivity index (χ1) is 9.45. The predicted octanol–water partition coefficient (Wildman–Crippen LogP) is 1.83. The Morgan fingerprint density at radius 1 is 1.33 bits per heavy atom. The lowest BCUT2D eigenvalue weighted by atomic mass is 10.2. The van der Waals surface area contributed by atoms with Crippen molar-refractivity contribution >= 4 is 38.5 Å². The number of benzene rings is 1. The lowest BCUT2D eigenvalue weighted by Crippen LogP contribution is -2.34. The van der Waals surface area contributed by atoms with Gasteiger partial charge >= 0.3 is 6.18 Å². The zero-order chi connectivity index (χ0) is 16.4. The van der Waals surface area contributed by atoms with Gasteiger partial charge in [0.1, 0.15) is 6.54 Å². The SMILES string of the molecule is CN(C)S(=O)(=O)c1ccc(I)c(C(=O)NCC(F)(F)F)c1. The minimum atomic E-state index is -4.53. The molecule has 0 aromatic heterocycles. The third kappa shape index (κ3) is 4.81. The number of rotatable bonds is 4. The Balaban J connectivity index is 3.12. The van der Waals surface area contributed by atoms with E-state index in [1.807, 2.05) is 0 Å². The summed E-state index contributed by atoms with van der Waals surface area (Å²) in [6.07, 6.45) is -4.53. The standard InChI is InChI=1S/C11H12F3IN2O3S/c1-17(2)21(19,20)7-3-4-9(15)8(5-7)10(18)16-6-11(12,13)14/h3-5H,6H2,1-2H3,(H,16,18). The van der Waals surface area contributed by atoms with Crippen LogP contribution in [0.25, 0.3) is 0 Å². The molecule has 0 aliphatic carbocycles. The van der Waals surface area contributed by atoms with Crippen LogP contribution in [0.15, 0.2) is 23.1 Å². The Morgan fingerprint density at radius 3 is 2.38 bits per heavy atom. The summed E-state index contributed by atoms with van der Waals surface area (Å²) in [4.78, 5) is 11.6. The van der Waals surface area contributed by atoms with Crippen molar-refractivity contribution in [2.24, 2.45) is 0 Å². The highest BCUT2D eigenvalue weighted by atomic mass is 127. The number of carbonyl (C=O) groups is 1. The number of amides is 1. The molecular weight excluding hydrogens is 424 g/mol. The average molecular weight is 436 g/mol. The van der Waals surface area contributed by atoms with Gasteiger partial charge in [0.15, 0.2) is 0 Å². The van der Waals surface area contributed by atoms with Gasteiger partial charge in [-0.2, -0.15) is 13.2 Å². The van der Waals surface area contributed by atoms with Crippen LogP contribution in [0.1, 0.15) is 10.4 Å². The van der Waals surface area contributed by atoms with Gasteiger partial charge < -0.3 is 5.32 Å². The topological polar surface area (TPSA) is 66.5 Å². The van der Waals surface area contributed by atoms with Crippen LogP contribution < -0.4 is 5.32 Å². The smallest absolute Gasteiger partial charge is 0.343 e. The van der Waals surface area contributed by atoms with Gasteiger partial charge in [-0.25, -0.2) is 12.7 Å². The average Bonchev–Trinajstić information content (AvgIpc) is 2.35. The van der Waals surface area contributed by atoms with Gasteiger partial charge in [-0.15, -0.1) is 0 Å². The van der Waals surface area contributed by atoms with Crippen molar-refractivity contribution in [3.63, 3.8) is 0 Å². The molecule has 1 amide bonds. The van der Waals surface area contributed by atoms with E-state index >= 15 is 0 Å². The van der Waals surface area contributed by atoms with E-state index in [0.717, 1.165) is 10.4 Å². The molecule has 0 radical (unpaired) electrons. The summed E-state index contributed by atoms with van der Waals surface area (Å²) in [5, 5.41) is 1.71. The summed E-state index contributed by atoms with van der Waals surface area (Å²) in [6, 6.07) is 3.71. The van der Waals surface area contributed by atoms with Gasteiger partial charge in [0.25, 0.3) is 5.91 Å². The van der Waals surface area contributed by atoms with Crippen molar-refractivity contribution < 1.29 is 26.4 Å². The predicted molar refractivity (Wildman–Crippen MR) is 78.4 cm³/mol. The maximum absolute atomic E-state index is 12.1. The number of hydrogen-bond acceptors (Lipinski definition) is 3. The second-order valence-electron chi connectivity index (χ2n) is 4.23. The quantitative estimate of drug-likeness (QED) is 0.733. The van der Waals surface area contributed by atoms with E-state index in [-0.39, 0.29) is 10.5 Å². The van der Waals surface area contributed by atoms with Crippen molar-refractivity contribution in [1.82, 2.24) is 9.62 Å². The zero-order valence-corrected chi connectivity index (χ0v) is 14.0. The van der Waals surface area contributed by atoms with Crippen LogP contribution in [-0.2, 0) is 10.0 Å². The fourth-order valence-electron chi connectivity index (χ4n) is 1.33. The first-order valence-corrected chi connectivity index (χ1v) is 8.04. The molecule has 5 nitrogen and oxygen atoms in total. The number of alkyl halides is 3. The minimum absolute atomic E-state index is 0.122. The highest BCUT2D eigenvalue weighted by Gasteiger charge is 2.28. The Labute approximate surface area is 133 Å². The number of nitrogens with one attached hydrogen (secondary N) is 1. The van der Waals surface area contributed by atoms with Gasteiger partial charge in [-0.1, -0.05) is 0 Å². The lowest BCUT2D eigenvalue weighted by molar-refractivity contribution is -0.123. The van der Waals surface area contributed by atoms with Gasteiger partial charge in [-0.3, -0.25) is 4.79 Å². The molecule has 118 valence electrons. The molecule has 0 spiro atoms. The molecule has 0 atom stereocenters. The summed E-state index contributed by atoms with van der Waals surface area (Å²) in [7, 11) is -1.13. The number of halogens is 4. The Hall–Kier alpha value is -0.880. The number of sulfonamides is 1. The molecule has 0 saturated carbocycles. The van der Waals surface area contributed by atoms with E-state index in [4.69, 9.17) is 0 Å². The van der Waals surface area contributed by atoms with Crippen LogP contribution in [0.2, 0.25) is 0 Å². The molecule has 1 N–H and O–H groups in total. The van der Waals surface area contributed by atoms with E-state index in [0.29, 0.717) is 3.57 Å². The summed E-state index contributed by atoms with van der Waals surface area (Å²) < 4.78 is 61.5. The van der Waals surface area contributed by atoms with E-state index < -0.39 is 28.7 Å². The van der Waals surface area contributed by atoms with Gasteiger partial charge in [0.2, 0.25) is 10.0 Å². The second-order valence-corrected chi connectivity index (χ2v) is 7.54. The van der Waals surface area contributed by atoms with Crippen molar-refractivity contribution in [3.8, 4) is 0 Å². The van der Waals surface area contributed by atoms with Crippen LogP contribution in [-0.4, -0.2) is 45.4 Å². The second kappa shape index (κ2) is 6.48. The van der Waals surface area contributed by atoms with Crippen molar-refractivity contribution in [2.75, 3.05) is 20.6 Å². The largest absolute Gasteiger partial charge is 0.405 e. The summed E-state index contributed by atoms with van der Waals surface area (Å²) in [5.41, 5.74) is -0.122. The molecule has 0 bridgehead atoms. The molecule has 0 unspecified atom stereocenters. The summed E-state index contributed by atoms with van der Waals surface area (Å²) in [5.74, 6) is -0.979. The Bertz CT molecular complexity index is 645. The van der Waals surface area contributed by atoms with E-state index in [1.54, 1.807) is 27.9 Å². The third-order valence-corrected chi connectivity index (χ3v) is 5.16. The summed E-state index contributed by atoms with van der Waals surface area (Å²) >= 11 is 1.75. The van der Waals surface area contributed by atoms with Crippen LogP contribution in [0.3, 0.4) is 0 Å². The highest BCUT2D eigenvalue weighted by molar-refractivity contribution is 14.1. The first kappa shape index (κ1) is 18.2. The Morgan fingerprint density at radius 2 is 1.90 bits per heavy atom. The monoisotopic (exact) mass is 436 g/mol. The highest BCUT2D eigenvalue weighted by Crippen LogP contribution is 2.20. The van der Waals surface area contributed by atoms with Crippen LogP contribution in [0.4, 0.5) is 13.2 Å². The third-order valence-electron chi connectivity index (χ3n) is 2.41. The van der Waals surface area contributed by atoms with Crippen LogP contribution >= 0.6 is 22.6 Å². The van der Waals surface area contributed by atoms with Gasteiger partial charge in [0, 0.05) is 17.7 Å².